The van der Waals surface area contributed by atoms with E-state index in [-0.39, 0.29) is 31.3 Å². The molecule has 186 valence electrons. The number of imide groups is 1. The van der Waals surface area contributed by atoms with Gasteiger partial charge in [0, 0.05) is 37.1 Å². The Kier molecular flexibility index (Phi) is 5.55. The van der Waals surface area contributed by atoms with Gasteiger partial charge in [0.2, 0.25) is 5.91 Å². The van der Waals surface area contributed by atoms with Gasteiger partial charge in [-0.3, -0.25) is 24.3 Å². The minimum atomic E-state index is -0.899. The smallest absolute Gasteiger partial charge is 0.252 e. The van der Waals surface area contributed by atoms with Crippen molar-refractivity contribution in [2.24, 2.45) is 0 Å². The van der Waals surface area contributed by atoms with Crippen LogP contribution in [0.1, 0.15) is 17.5 Å². The molecule has 3 aromatic rings. The lowest BCUT2D eigenvalue weighted by Crippen LogP contribution is -2.81. The molecule has 0 radical (unpaired) electrons. The van der Waals surface area contributed by atoms with Crippen LogP contribution < -0.4 is 4.74 Å². The third-order valence-electron chi connectivity index (χ3n) is 7.87. The number of carbonyl (C=O) groups excluding carboxylic acids is 2. The summed E-state index contributed by atoms with van der Waals surface area (Å²) in [6, 6.07) is 17.7. The maximum atomic E-state index is 14.4. The van der Waals surface area contributed by atoms with Gasteiger partial charge >= 0.3 is 0 Å². The molecule has 3 saturated heterocycles. The van der Waals surface area contributed by atoms with Crippen LogP contribution in [0.5, 0.6) is 5.75 Å². The quantitative estimate of drug-likeness (QED) is 0.556. The molecule has 7 nitrogen and oxygen atoms in total. The number of ether oxygens (including phenoxy) is 1. The van der Waals surface area contributed by atoms with E-state index in [4.69, 9.17) is 4.74 Å². The van der Waals surface area contributed by atoms with Gasteiger partial charge in [-0.1, -0.05) is 48.5 Å². The zero-order valence-electron chi connectivity index (χ0n) is 20.1. The average Bonchev–Trinajstić information content (AvgIpc) is 3.26. The molecule has 0 saturated carbocycles. The van der Waals surface area contributed by atoms with Crippen LogP contribution in [0.25, 0.3) is 10.8 Å². The lowest BCUT2D eigenvalue weighted by Gasteiger charge is -2.58. The number of β-amino-alcohol motifs (C(OH)–C–C–N with tert-alkyl or cyclic N) is 1. The van der Waals surface area contributed by atoms with Crippen molar-refractivity contribution >= 4 is 22.6 Å². The summed E-state index contributed by atoms with van der Waals surface area (Å²) >= 11 is 0. The van der Waals surface area contributed by atoms with Gasteiger partial charge in [0.05, 0.1) is 25.8 Å². The molecule has 3 aliphatic heterocycles. The first-order chi connectivity index (χ1) is 17.4. The van der Waals surface area contributed by atoms with Crippen molar-refractivity contribution in [3.05, 3.63) is 77.6 Å². The van der Waals surface area contributed by atoms with E-state index in [2.05, 4.69) is 11.0 Å². The Labute approximate surface area is 208 Å². The molecule has 3 aromatic carbocycles. The summed E-state index contributed by atoms with van der Waals surface area (Å²) in [6.07, 6.45) is -0.387. The molecule has 6 rings (SSSR count). The van der Waals surface area contributed by atoms with Crippen molar-refractivity contribution < 1.29 is 23.8 Å². The Balaban J connectivity index is 1.28. The highest BCUT2D eigenvalue weighted by Crippen LogP contribution is 2.42. The van der Waals surface area contributed by atoms with E-state index in [0.29, 0.717) is 25.2 Å². The largest absolute Gasteiger partial charge is 0.496 e. The van der Waals surface area contributed by atoms with E-state index < -0.39 is 23.5 Å². The maximum absolute atomic E-state index is 14.4. The van der Waals surface area contributed by atoms with Crippen LogP contribution in [-0.4, -0.2) is 76.0 Å². The zero-order valence-corrected chi connectivity index (χ0v) is 20.1. The number of rotatable bonds is 5. The number of piperazine rings is 1. The van der Waals surface area contributed by atoms with Gasteiger partial charge in [-0.15, -0.1) is 0 Å². The van der Waals surface area contributed by atoms with Crippen LogP contribution in [-0.2, 0) is 22.7 Å². The van der Waals surface area contributed by atoms with Crippen LogP contribution in [0.2, 0.25) is 0 Å². The molecule has 1 N–H and O–H groups in total. The number of aliphatic hydroxyl groups excluding tert-OH is 1. The Bertz CT molecular complexity index is 1360. The number of hydrogen-bond donors (Lipinski definition) is 1. The van der Waals surface area contributed by atoms with Crippen LogP contribution in [0.4, 0.5) is 4.39 Å². The Hall–Kier alpha value is -3.33. The third-order valence-corrected chi connectivity index (χ3v) is 7.87. The molecule has 3 aliphatic rings. The minimum absolute atomic E-state index is 0.102. The van der Waals surface area contributed by atoms with E-state index in [9.17, 15) is 19.1 Å². The standard InChI is InChI=1S/C28H28FN3O4/c1-36-25-11-10-18(21-7-3-4-8-22(21)25)13-30-16-28(17-30)27(35)31(14-19-6-2-5-9-23(19)29)26(34)24-12-20(33)15-32(24)28/h2-11,20,24,33H,12-17H2,1H3. The van der Waals surface area contributed by atoms with Crippen molar-refractivity contribution in [1.82, 2.24) is 14.7 Å². The molecular weight excluding hydrogens is 461 g/mol. The normalized spacial score (nSPS) is 23.8. The monoisotopic (exact) mass is 489 g/mol. The fraction of sp³-hybridized carbons (Fsp3) is 0.357. The number of nitrogens with zero attached hydrogens (tertiary/aromatic N) is 3. The predicted octanol–water partition coefficient (Wildman–Crippen LogP) is 2.55. The average molecular weight is 490 g/mol. The molecule has 0 aliphatic carbocycles. The first-order valence-corrected chi connectivity index (χ1v) is 12.2. The summed E-state index contributed by atoms with van der Waals surface area (Å²) in [6.45, 7) is 1.71. The van der Waals surface area contributed by atoms with Gasteiger partial charge in [0.25, 0.3) is 5.91 Å². The van der Waals surface area contributed by atoms with Crippen molar-refractivity contribution in [3.63, 3.8) is 0 Å². The maximum Gasteiger partial charge on any atom is 0.252 e. The SMILES string of the molecule is COc1ccc(CN2CC3(C2)C(=O)N(Cc2ccccc2F)C(=O)C2CC(O)CN23)c2ccccc12. The van der Waals surface area contributed by atoms with E-state index in [0.717, 1.165) is 22.1 Å². The fourth-order valence-corrected chi connectivity index (χ4v) is 6.13. The van der Waals surface area contributed by atoms with E-state index in [1.165, 1.54) is 11.0 Å². The number of amides is 2. The number of benzene rings is 3. The summed E-state index contributed by atoms with van der Waals surface area (Å²) in [7, 11) is 1.66. The first kappa shape index (κ1) is 23.1. The summed E-state index contributed by atoms with van der Waals surface area (Å²) in [4.78, 5) is 32.4. The Morgan fingerprint density at radius 2 is 1.69 bits per heavy atom. The van der Waals surface area contributed by atoms with E-state index >= 15 is 0 Å². The van der Waals surface area contributed by atoms with Gasteiger partial charge in [0.1, 0.15) is 17.1 Å². The molecule has 0 aromatic heterocycles. The predicted molar refractivity (Wildman–Crippen MR) is 132 cm³/mol. The molecule has 36 heavy (non-hydrogen) atoms. The minimum Gasteiger partial charge on any atom is -0.496 e. The van der Waals surface area contributed by atoms with Crippen LogP contribution in [0.3, 0.4) is 0 Å². The molecule has 3 fully saturated rings. The molecular formula is C28H28FN3O4. The molecule has 1 spiro atoms. The van der Waals surface area contributed by atoms with Crippen molar-refractivity contribution in [1.29, 1.82) is 0 Å². The summed E-state index contributed by atoms with van der Waals surface area (Å²) in [5, 5.41) is 12.5. The second kappa shape index (κ2) is 8.65. The third kappa shape index (κ3) is 3.51. The highest BCUT2D eigenvalue weighted by molar-refractivity contribution is 6.06. The van der Waals surface area contributed by atoms with Crippen LogP contribution in [0, 0.1) is 5.82 Å². The molecule has 3 heterocycles. The summed E-state index contributed by atoms with van der Waals surface area (Å²) in [5.74, 6) is -0.294. The van der Waals surface area contributed by atoms with Gasteiger partial charge in [-0.25, -0.2) is 4.39 Å². The number of aliphatic hydroxyl groups is 1. The molecule has 0 bridgehead atoms. The Morgan fingerprint density at radius 1 is 0.972 bits per heavy atom. The number of halogens is 1. The second-order valence-electron chi connectivity index (χ2n) is 10.0. The second-order valence-corrected chi connectivity index (χ2v) is 10.0. The highest BCUT2D eigenvalue weighted by atomic mass is 19.1. The summed E-state index contributed by atoms with van der Waals surface area (Å²) in [5.41, 5.74) is 0.535. The molecule has 2 unspecified atom stereocenters. The van der Waals surface area contributed by atoms with E-state index in [1.54, 1.807) is 25.3 Å². The summed E-state index contributed by atoms with van der Waals surface area (Å²) < 4.78 is 19.9. The van der Waals surface area contributed by atoms with Crippen molar-refractivity contribution in [2.45, 2.75) is 37.2 Å². The molecule has 8 heteroatoms. The van der Waals surface area contributed by atoms with Crippen LogP contribution >= 0.6 is 0 Å². The number of methoxy groups -OCH3 is 1. The zero-order chi connectivity index (χ0) is 25.0. The Morgan fingerprint density at radius 3 is 2.44 bits per heavy atom. The van der Waals surface area contributed by atoms with Crippen LogP contribution in [0.15, 0.2) is 60.7 Å². The lowest BCUT2D eigenvalue weighted by molar-refractivity contribution is -0.181. The van der Waals surface area contributed by atoms with Gasteiger partial charge in [0.15, 0.2) is 0 Å². The first-order valence-electron chi connectivity index (χ1n) is 12.2. The fourth-order valence-electron chi connectivity index (χ4n) is 6.13. The number of likely N-dealkylation sites (tertiary alicyclic amines) is 1. The lowest BCUT2D eigenvalue weighted by atomic mass is 9.82. The number of carbonyl (C=O) groups is 2. The van der Waals surface area contributed by atoms with Gasteiger partial charge < -0.3 is 9.84 Å². The molecule has 2 atom stereocenters. The van der Waals surface area contributed by atoms with Gasteiger partial charge in [-0.05, 0) is 29.5 Å². The number of hydrogen-bond acceptors (Lipinski definition) is 6. The van der Waals surface area contributed by atoms with Gasteiger partial charge in [-0.2, -0.15) is 0 Å². The van der Waals surface area contributed by atoms with E-state index in [1.807, 2.05) is 35.2 Å². The van der Waals surface area contributed by atoms with Crippen molar-refractivity contribution in [2.75, 3.05) is 26.7 Å². The van der Waals surface area contributed by atoms with Crippen molar-refractivity contribution in [3.8, 4) is 5.75 Å². The highest BCUT2D eigenvalue weighted by Gasteiger charge is 2.64. The number of fused-ring (bicyclic) bond motifs is 3. The topological polar surface area (TPSA) is 73.3 Å². The molecule has 2 amide bonds.